The Labute approximate surface area is 69.9 Å². The summed E-state index contributed by atoms with van der Waals surface area (Å²) in [6, 6.07) is 8.13. The van der Waals surface area contributed by atoms with Crippen LogP contribution in [0, 0.1) is 0 Å². The van der Waals surface area contributed by atoms with E-state index in [4.69, 9.17) is 4.74 Å². The van der Waals surface area contributed by atoms with Gasteiger partial charge in [-0.15, -0.1) is 0 Å². The molecule has 0 saturated heterocycles. The van der Waals surface area contributed by atoms with Crippen molar-refractivity contribution in [3.63, 3.8) is 0 Å². The van der Waals surface area contributed by atoms with Gasteiger partial charge in [0.1, 0.15) is 0 Å². The van der Waals surface area contributed by atoms with Gasteiger partial charge < -0.3 is 0 Å². The van der Waals surface area contributed by atoms with Crippen molar-refractivity contribution in [3.05, 3.63) is 24.3 Å². The molecule has 0 N–H and O–H groups in total. The van der Waals surface area contributed by atoms with E-state index in [1.165, 1.54) is 3.27 Å². The van der Waals surface area contributed by atoms with Crippen LogP contribution in [0.5, 0.6) is 5.75 Å². The van der Waals surface area contributed by atoms with Crippen LogP contribution in [0.2, 0.25) is 0 Å². The second kappa shape index (κ2) is 3.17. The summed E-state index contributed by atoms with van der Waals surface area (Å²) in [5, 5.41) is 0. The molecule has 0 amide bonds. The number of hydrogen-bond acceptors (Lipinski definition) is 1. The van der Waals surface area contributed by atoms with Gasteiger partial charge in [0.05, 0.1) is 0 Å². The normalized spacial score (nSPS) is 9.11. The Morgan fingerprint density at radius 1 is 1.33 bits per heavy atom. The Balaban J connectivity index is 3.01. The van der Waals surface area contributed by atoms with Crippen LogP contribution in [0.4, 0.5) is 0 Å². The molecule has 0 heterocycles. The van der Waals surface area contributed by atoms with E-state index >= 15 is 0 Å². The van der Waals surface area contributed by atoms with Gasteiger partial charge >= 0.3 is 69.9 Å². The molecule has 0 bridgehead atoms. The topological polar surface area (TPSA) is 9.23 Å². The molecule has 9 heavy (non-hydrogen) atoms. The first-order valence-electron chi connectivity index (χ1n) is 2.73. The van der Waals surface area contributed by atoms with E-state index in [1.54, 1.807) is 7.11 Å². The zero-order valence-electron chi connectivity index (χ0n) is 5.29. The average Bonchev–Trinajstić information content (AvgIpc) is 1.89. The van der Waals surface area contributed by atoms with E-state index < -0.39 is 0 Å². The molecule has 0 fully saturated rings. The standard InChI is InChI=1S/C7H7O.Bi.2H/c1-8-7-5-3-2-4-6-7;;;/h2-5H,1H3;;;. The Hall–Kier alpha value is -0.0969. The summed E-state index contributed by atoms with van der Waals surface area (Å²) in [5.74, 6) is 1.03. The number of methoxy groups -OCH3 is 1. The molecule has 0 aliphatic carbocycles. The Bertz CT molecular complexity index is 198. The third kappa shape index (κ3) is 1.65. The summed E-state index contributed by atoms with van der Waals surface area (Å²) >= 11 is 0.867. The SMILES string of the molecule is COc1cccc[c]1[BiH2]. The van der Waals surface area contributed by atoms with Crippen LogP contribution >= 0.6 is 0 Å². The van der Waals surface area contributed by atoms with Crippen LogP contribution < -0.4 is 8.01 Å². The number of ether oxygens (including phenoxy) is 1. The minimum absolute atomic E-state index is 0.867. The number of hydrogen-bond donors (Lipinski definition) is 0. The van der Waals surface area contributed by atoms with Crippen molar-refractivity contribution in [3.8, 4) is 5.75 Å². The van der Waals surface area contributed by atoms with Gasteiger partial charge in [0.25, 0.3) is 0 Å². The van der Waals surface area contributed by atoms with E-state index in [0.29, 0.717) is 0 Å². The first kappa shape index (κ1) is 7.02. The van der Waals surface area contributed by atoms with Crippen molar-refractivity contribution in [2.45, 2.75) is 0 Å². The fourth-order valence-electron chi connectivity index (χ4n) is 0.666. The monoisotopic (exact) mass is 318 g/mol. The molecule has 0 aliphatic rings. The Kier molecular flexibility index (Phi) is 2.47. The summed E-state index contributed by atoms with van der Waals surface area (Å²) in [6.45, 7) is 0. The third-order valence-electron chi connectivity index (χ3n) is 1.14. The first-order valence-corrected chi connectivity index (χ1v) is 4.97. The summed E-state index contributed by atoms with van der Waals surface area (Å²) in [7, 11) is 1.71. The molecule has 0 aromatic heterocycles. The van der Waals surface area contributed by atoms with E-state index in [-0.39, 0.29) is 0 Å². The molecule has 1 nitrogen and oxygen atoms in total. The molecular weight excluding hydrogens is 309 g/mol. The molecular formula is C7H9BiO. The molecule has 0 saturated carbocycles. The Morgan fingerprint density at radius 2 is 2.00 bits per heavy atom. The van der Waals surface area contributed by atoms with Gasteiger partial charge in [-0.25, -0.2) is 0 Å². The van der Waals surface area contributed by atoms with Crippen LogP contribution in [0.3, 0.4) is 0 Å². The molecule has 0 atom stereocenters. The third-order valence-corrected chi connectivity index (χ3v) is 2.99. The quantitative estimate of drug-likeness (QED) is 0.660. The van der Waals surface area contributed by atoms with Gasteiger partial charge in [-0.1, -0.05) is 0 Å². The van der Waals surface area contributed by atoms with Crippen molar-refractivity contribution in [1.82, 2.24) is 0 Å². The number of para-hydroxylation sites is 1. The summed E-state index contributed by atoms with van der Waals surface area (Å²) in [6.07, 6.45) is 0. The van der Waals surface area contributed by atoms with Gasteiger partial charge in [0.2, 0.25) is 0 Å². The molecule has 1 rings (SSSR count). The van der Waals surface area contributed by atoms with Gasteiger partial charge in [-0.05, 0) is 0 Å². The number of benzene rings is 1. The second-order valence-corrected chi connectivity index (χ2v) is 4.16. The van der Waals surface area contributed by atoms with E-state index in [9.17, 15) is 0 Å². The summed E-state index contributed by atoms with van der Waals surface area (Å²) in [4.78, 5) is 0. The van der Waals surface area contributed by atoms with Gasteiger partial charge in [0, 0.05) is 0 Å². The van der Waals surface area contributed by atoms with Crippen molar-refractivity contribution in [1.29, 1.82) is 0 Å². The van der Waals surface area contributed by atoms with Crippen LogP contribution in [-0.4, -0.2) is 31.8 Å². The fourth-order valence-corrected chi connectivity index (χ4v) is 1.93. The van der Waals surface area contributed by atoms with Crippen molar-refractivity contribution >= 4 is 28.0 Å². The molecule has 0 aliphatic heterocycles. The first-order chi connectivity index (χ1) is 4.34. The van der Waals surface area contributed by atoms with Gasteiger partial charge in [-0.3, -0.25) is 0 Å². The van der Waals surface area contributed by atoms with E-state index in [2.05, 4.69) is 6.07 Å². The van der Waals surface area contributed by atoms with Crippen LogP contribution in [0.25, 0.3) is 0 Å². The van der Waals surface area contributed by atoms with E-state index in [1.807, 2.05) is 18.2 Å². The van der Waals surface area contributed by atoms with Crippen molar-refractivity contribution < 1.29 is 4.74 Å². The van der Waals surface area contributed by atoms with Crippen molar-refractivity contribution in [2.24, 2.45) is 0 Å². The number of rotatable bonds is 1. The summed E-state index contributed by atoms with van der Waals surface area (Å²) < 4.78 is 6.43. The van der Waals surface area contributed by atoms with Crippen molar-refractivity contribution in [2.75, 3.05) is 7.11 Å². The second-order valence-electron chi connectivity index (χ2n) is 1.74. The zero-order valence-corrected chi connectivity index (χ0v) is 9.78. The summed E-state index contributed by atoms with van der Waals surface area (Å²) in [5.41, 5.74) is 0. The molecule has 0 radical (unpaired) electrons. The average molecular weight is 318 g/mol. The van der Waals surface area contributed by atoms with Gasteiger partial charge in [-0.2, -0.15) is 0 Å². The van der Waals surface area contributed by atoms with E-state index in [0.717, 1.165) is 30.5 Å². The predicted octanol–water partition coefficient (Wildman–Crippen LogP) is -0.0464. The zero-order chi connectivity index (χ0) is 6.69. The molecule has 2 heteroatoms. The fraction of sp³-hybridized carbons (Fsp3) is 0.143. The Morgan fingerprint density at radius 3 is 2.44 bits per heavy atom. The van der Waals surface area contributed by atoms with Crippen LogP contribution in [0.15, 0.2) is 24.3 Å². The van der Waals surface area contributed by atoms with Crippen LogP contribution in [-0.2, 0) is 0 Å². The maximum atomic E-state index is 5.09. The molecule has 48 valence electrons. The molecule has 1 aromatic carbocycles. The minimum atomic E-state index is 0.867. The maximum absolute atomic E-state index is 5.09. The van der Waals surface area contributed by atoms with Gasteiger partial charge in [0.15, 0.2) is 0 Å². The molecule has 1 aromatic rings. The predicted molar refractivity (Wildman–Crippen MR) is 41.2 cm³/mol. The van der Waals surface area contributed by atoms with Crippen LogP contribution in [0.1, 0.15) is 0 Å². The molecule has 0 spiro atoms. The molecule has 0 unspecified atom stereocenters.